The zero-order valence-electron chi connectivity index (χ0n) is 10.4. The quantitative estimate of drug-likeness (QED) is 0.649. The first-order valence-corrected chi connectivity index (χ1v) is 3.90. The molecule has 0 amide bonds. The van der Waals surface area contributed by atoms with Gasteiger partial charge in [-0.15, -0.1) is 0 Å². The Morgan fingerprint density at radius 1 is 1.54 bits per heavy atom. The number of ether oxygens (including phenoxy) is 2. The lowest BCUT2D eigenvalue weighted by Crippen LogP contribution is -2.33. The lowest BCUT2D eigenvalue weighted by atomic mass is 10.3. The fourth-order valence-corrected chi connectivity index (χ4v) is 1.03. The second-order valence-electron chi connectivity index (χ2n) is 2.38. The molecule has 1 atom stereocenters. The average molecular weight is 203 g/mol. The summed E-state index contributed by atoms with van der Waals surface area (Å²) in [5.74, 6) is -0.272. The molecule has 0 aromatic heterocycles. The van der Waals surface area contributed by atoms with E-state index in [1.807, 2.05) is 0 Å². The van der Waals surface area contributed by atoms with Crippen LogP contribution in [0, 0.1) is 0 Å². The van der Waals surface area contributed by atoms with Gasteiger partial charge in [0.2, 0.25) is 6.10 Å². The van der Waals surface area contributed by atoms with Gasteiger partial charge >= 0.3 is 0 Å². The van der Waals surface area contributed by atoms with Crippen molar-refractivity contribution in [3.63, 3.8) is 0 Å². The topological polar surface area (TPSA) is 35.5 Å². The van der Waals surface area contributed by atoms with Crippen molar-refractivity contribution in [1.29, 1.82) is 0 Å². The van der Waals surface area contributed by atoms with Crippen LogP contribution in [0.25, 0.3) is 0 Å². The molecule has 13 heavy (non-hydrogen) atoms. The Balaban J connectivity index is 2.55. The molecule has 1 aliphatic rings. The van der Waals surface area contributed by atoms with Crippen LogP contribution in [0.5, 0.6) is 11.5 Å². The van der Waals surface area contributed by atoms with Gasteiger partial charge in [0.15, 0.2) is 11.5 Å². The van der Waals surface area contributed by atoms with Crippen LogP contribution in [0.3, 0.4) is 0 Å². The van der Waals surface area contributed by atoms with Gasteiger partial charge in [-0.3, -0.25) is 4.79 Å². The first kappa shape index (κ1) is 4.86. The van der Waals surface area contributed by atoms with E-state index in [1.54, 1.807) is 0 Å². The van der Waals surface area contributed by atoms with Crippen LogP contribution >= 0.6 is 11.6 Å². The van der Waals surface area contributed by atoms with Crippen LogP contribution in [-0.4, -0.2) is 18.0 Å². The van der Waals surface area contributed by atoms with Crippen molar-refractivity contribution in [3.05, 3.63) is 24.2 Å². The van der Waals surface area contributed by atoms with Crippen LogP contribution in [-0.2, 0) is 4.79 Å². The van der Waals surface area contributed by atoms with Gasteiger partial charge in [0, 0.05) is 0 Å². The largest absolute Gasteiger partial charge is 0.485 e. The fourth-order valence-electron chi connectivity index (χ4n) is 0.921. The van der Waals surface area contributed by atoms with Crippen LogP contribution in [0.1, 0.15) is 5.48 Å². The van der Waals surface area contributed by atoms with E-state index in [1.165, 1.54) is 0 Å². The zero-order chi connectivity index (χ0) is 12.7. The van der Waals surface area contributed by atoms with Crippen molar-refractivity contribution >= 4 is 16.8 Å². The van der Waals surface area contributed by atoms with Crippen molar-refractivity contribution < 1.29 is 19.8 Å². The molecule has 1 aromatic carbocycles. The zero-order valence-corrected chi connectivity index (χ0v) is 7.14. The molecule has 0 N–H and O–H groups in total. The predicted molar refractivity (Wildman–Crippen MR) is 47.2 cm³/mol. The summed E-state index contributed by atoms with van der Waals surface area (Å²) in [4.78, 5) is 10.9. The molecular formula is C9H7ClO3. The molecule has 1 aliphatic heterocycles. The molecule has 0 fully saturated rings. The predicted octanol–water partition coefficient (Wildman–Crippen LogP) is 1.59. The monoisotopic (exact) mass is 202 g/mol. The maximum Gasteiger partial charge on any atom is 0.265 e. The van der Waals surface area contributed by atoms with E-state index in [4.69, 9.17) is 26.6 Å². The molecule has 0 saturated heterocycles. The van der Waals surface area contributed by atoms with Gasteiger partial charge in [0.05, 0.1) is 5.48 Å². The van der Waals surface area contributed by atoms with E-state index >= 15 is 0 Å². The Bertz CT molecular complexity index is 506. The van der Waals surface area contributed by atoms with Gasteiger partial charge in [-0.25, -0.2) is 0 Å². The first-order valence-electron chi connectivity index (χ1n) is 5.52. The highest BCUT2D eigenvalue weighted by Crippen LogP contribution is 2.31. The van der Waals surface area contributed by atoms with Crippen LogP contribution < -0.4 is 9.47 Å². The number of hydrogen-bond donors (Lipinski definition) is 0. The Morgan fingerprint density at radius 3 is 2.92 bits per heavy atom. The van der Waals surface area contributed by atoms with Gasteiger partial charge in [0.1, 0.15) is 6.61 Å². The highest BCUT2D eigenvalue weighted by molar-refractivity contribution is 6.64. The van der Waals surface area contributed by atoms with Gasteiger partial charge in [-0.05, 0) is 23.7 Å². The summed E-state index contributed by atoms with van der Waals surface area (Å²) in [5, 5.41) is -0.775. The number of rotatable bonds is 1. The third kappa shape index (κ3) is 1.60. The molecule has 1 aromatic rings. The Hall–Kier alpha value is -1.22. The van der Waals surface area contributed by atoms with E-state index < -0.39 is 23.4 Å². The smallest absolute Gasteiger partial charge is 0.265 e. The van der Waals surface area contributed by atoms with Gasteiger partial charge < -0.3 is 9.47 Å². The lowest BCUT2D eigenvalue weighted by molar-refractivity contribution is -0.120. The van der Waals surface area contributed by atoms with Crippen molar-refractivity contribution in [2.24, 2.45) is 0 Å². The summed E-state index contributed by atoms with van der Waals surface area (Å²) in [5.41, 5.74) is 0. The molecule has 3 nitrogen and oxygen atoms in total. The summed E-state index contributed by atoms with van der Waals surface area (Å²) in [6.45, 7) is -0.169. The molecule has 4 heteroatoms. The summed E-state index contributed by atoms with van der Waals surface area (Å²) in [7, 11) is 0. The molecular weight excluding hydrogens is 192 g/mol. The molecule has 1 unspecified atom stereocenters. The van der Waals surface area contributed by atoms with E-state index in [0.717, 1.165) is 0 Å². The summed E-state index contributed by atoms with van der Waals surface area (Å²) in [6, 6.07) is -1.57. The van der Waals surface area contributed by atoms with Gasteiger partial charge in [-0.2, -0.15) is 0 Å². The minimum Gasteiger partial charge on any atom is -0.485 e. The van der Waals surface area contributed by atoms with E-state index in [-0.39, 0.29) is 30.2 Å². The second kappa shape index (κ2) is 3.26. The number of fused-ring (bicyclic) bond motifs is 1. The fraction of sp³-hybridized carbons (Fsp3) is 0.222. The second-order valence-corrected chi connectivity index (χ2v) is 2.75. The highest BCUT2D eigenvalue weighted by Gasteiger charge is 2.25. The first-order chi connectivity index (χ1) is 7.93. The molecule has 0 saturated carbocycles. The number of benzene rings is 1. The minimum atomic E-state index is -1.05. The molecule has 1 heterocycles. The Morgan fingerprint density at radius 2 is 2.23 bits per heavy atom. The number of hydrogen-bond acceptors (Lipinski definition) is 3. The van der Waals surface area contributed by atoms with Crippen LogP contribution in [0.15, 0.2) is 24.2 Å². The molecule has 0 spiro atoms. The third-order valence-corrected chi connectivity index (χ3v) is 1.76. The van der Waals surface area contributed by atoms with Crippen molar-refractivity contribution in [2.75, 3.05) is 6.61 Å². The maximum atomic E-state index is 10.9. The van der Waals surface area contributed by atoms with E-state index in [9.17, 15) is 4.79 Å². The molecule has 68 valence electrons. The number of halogens is 1. The highest BCUT2D eigenvalue weighted by atomic mass is 35.5. The van der Waals surface area contributed by atoms with Gasteiger partial charge in [0.25, 0.3) is 5.24 Å². The van der Waals surface area contributed by atoms with Gasteiger partial charge in [-0.1, -0.05) is 12.1 Å². The average Bonchev–Trinajstić information content (AvgIpc) is 2.32. The molecule has 2 rings (SSSR count). The summed E-state index contributed by atoms with van der Waals surface area (Å²) >= 11 is 5.25. The minimum absolute atomic E-state index is 0.0924. The molecule has 0 bridgehead atoms. The van der Waals surface area contributed by atoms with E-state index in [0.29, 0.717) is 0 Å². The third-order valence-electron chi connectivity index (χ3n) is 1.51. The number of para-hydroxylation sites is 2. The number of carbonyl (C=O) groups excluding carboxylic acids is 1. The summed E-state index contributed by atoms with van der Waals surface area (Å²) in [6.07, 6.45) is -1.05. The number of carbonyl (C=O) groups is 1. The van der Waals surface area contributed by atoms with Crippen LogP contribution in [0.4, 0.5) is 0 Å². The van der Waals surface area contributed by atoms with Crippen molar-refractivity contribution in [3.8, 4) is 11.5 Å². The Kier molecular flexibility index (Phi) is 1.22. The van der Waals surface area contributed by atoms with Crippen molar-refractivity contribution in [2.45, 2.75) is 6.10 Å². The standard InChI is InChI=1S/C9H7ClO3/c10-9(11)8-5-12-6-3-1-2-4-7(6)13-8/h1-4,8H,5H2/i1D,2D,3D,4D. The van der Waals surface area contributed by atoms with Crippen LogP contribution in [0.2, 0.25) is 0 Å². The lowest BCUT2D eigenvalue weighted by Gasteiger charge is -2.23. The SMILES string of the molecule is [2H]c1c([2H])c([2H])c2c(c1[2H])OCC(C(=O)Cl)O2. The Labute approximate surface area is 85.8 Å². The summed E-state index contributed by atoms with van der Waals surface area (Å²) < 4.78 is 40.3. The maximum absolute atomic E-state index is 10.9. The molecule has 0 aliphatic carbocycles. The van der Waals surface area contributed by atoms with Crippen molar-refractivity contribution in [1.82, 2.24) is 0 Å². The van der Waals surface area contributed by atoms with E-state index in [2.05, 4.69) is 0 Å². The molecule has 0 radical (unpaired) electrons. The normalized spacial score (nSPS) is 23.9.